The molecule has 0 fully saturated rings. The fourth-order valence-corrected chi connectivity index (χ4v) is 3.24. The quantitative estimate of drug-likeness (QED) is 0.486. The molecule has 7 nitrogen and oxygen atoms in total. The molecule has 3 aromatic carbocycles. The lowest BCUT2D eigenvalue weighted by molar-refractivity contribution is 0.261. The first-order valence-corrected chi connectivity index (χ1v) is 9.61. The van der Waals surface area contributed by atoms with Gasteiger partial charge in [0, 0.05) is 5.39 Å². The summed E-state index contributed by atoms with van der Waals surface area (Å²) in [5.41, 5.74) is -0.0521. The molecule has 0 radical (unpaired) electrons. The third-order valence-corrected chi connectivity index (χ3v) is 4.81. The number of nitrogens with zero attached hydrogens (tertiary/aromatic N) is 2. The van der Waals surface area contributed by atoms with Crippen LogP contribution in [0.2, 0.25) is 0 Å². The molecule has 0 spiro atoms. The fourth-order valence-electron chi connectivity index (χ4n) is 3.24. The van der Waals surface area contributed by atoms with Gasteiger partial charge in [0.05, 0.1) is 19.2 Å². The van der Waals surface area contributed by atoms with Crippen LogP contribution in [0.15, 0.2) is 71.5 Å². The Balaban J connectivity index is 1.73. The number of fused-ring (bicyclic) bond motifs is 1. The molecule has 32 heavy (non-hydrogen) atoms. The Morgan fingerprint density at radius 1 is 0.969 bits per heavy atom. The molecule has 0 aliphatic carbocycles. The van der Waals surface area contributed by atoms with Gasteiger partial charge >= 0.3 is 11.7 Å². The number of methoxy groups -OCH3 is 1. The van der Waals surface area contributed by atoms with Crippen LogP contribution >= 0.6 is 0 Å². The van der Waals surface area contributed by atoms with E-state index in [1.54, 1.807) is 55.6 Å². The molecule has 0 aliphatic heterocycles. The molecule has 1 aromatic heterocycles. The number of anilines is 2. The number of ether oxygens (including phenoxy) is 1. The molecule has 4 aromatic rings. The fraction of sp³-hybridized carbons (Fsp3) is 0.0870. The van der Waals surface area contributed by atoms with Gasteiger partial charge < -0.3 is 10.1 Å². The van der Waals surface area contributed by atoms with Gasteiger partial charge in [0.25, 0.3) is 0 Å². The zero-order chi connectivity index (χ0) is 22.7. The largest absolute Gasteiger partial charge is 0.497 e. The number of amides is 2. The van der Waals surface area contributed by atoms with Crippen LogP contribution in [0.25, 0.3) is 10.9 Å². The van der Waals surface area contributed by atoms with Crippen molar-refractivity contribution < 1.29 is 18.3 Å². The van der Waals surface area contributed by atoms with E-state index in [-0.39, 0.29) is 12.4 Å². The third-order valence-electron chi connectivity index (χ3n) is 4.81. The summed E-state index contributed by atoms with van der Waals surface area (Å²) in [6.07, 6.45) is 0. The van der Waals surface area contributed by atoms with Crippen molar-refractivity contribution in [2.45, 2.75) is 6.54 Å². The maximum atomic E-state index is 13.9. The summed E-state index contributed by atoms with van der Waals surface area (Å²) in [5.74, 6) is -1.04. The van der Waals surface area contributed by atoms with Crippen molar-refractivity contribution in [2.24, 2.45) is 0 Å². The van der Waals surface area contributed by atoms with E-state index < -0.39 is 29.0 Å². The maximum absolute atomic E-state index is 13.9. The second kappa shape index (κ2) is 8.84. The van der Waals surface area contributed by atoms with E-state index in [1.807, 2.05) is 0 Å². The third kappa shape index (κ3) is 4.27. The number of urea groups is 1. The Kier molecular flexibility index (Phi) is 5.80. The summed E-state index contributed by atoms with van der Waals surface area (Å²) < 4.78 is 34.3. The lowest BCUT2D eigenvalue weighted by Crippen LogP contribution is -2.30. The molecule has 0 bridgehead atoms. The van der Waals surface area contributed by atoms with Crippen LogP contribution in [0, 0.1) is 11.6 Å². The van der Waals surface area contributed by atoms with Crippen LogP contribution in [0.3, 0.4) is 0 Å². The minimum absolute atomic E-state index is 0.102. The predicted octanol–water partition coefficient (Wildman–Crippen LogP) is 4.38. The second-order valence-corrected chi connectivity index (χ2v) is 6.87. The minimum Gasteiger partial charge on any atom is -0.497 e. The predicted molar refractivity (Wildman–Crippen MR) is 117 cm³/mol. The monoisotopic (exact) mass is 436 g/mol. The summed E-state index contributed by atoms with van der Waals surface area (Å²) in [6, 6.07) is 16.1. The van der Waals surface area contributed by atoms with Crippen LogP contribution < -0.4 is 21.1 Å². The number of hydrogen-bond acceptors (Lipinski definition) is 4. The topological polar surface area (TPSA) is 85.2 Å². The van der Waals surface area contributed by atoms with Gasteiger partial charge in [0.2, 0.25) is 0 Å². The van der Waals surface area contributed by atoms with Gasteiger partial charge in [-0.1, -0.05) is 30.3 Å². The molecular formula is C23H18F2N4O3. The van der Waals surface area contributed by atoms with Gasteiger partial charge in [-0.05, 0) is 42.0 Å². The molecule has 0 atom stereocenters. The summed E-state index contributed by atoms with van der Waals surface area (Å²) in [7, 11) is 1.55. The second-order valence-electron chi connectivity index (χ2n) is 6.87. The lowest BCUT2D eigenvalue weighted by Gasteiger charge is -2.17. The molecule has 162 valence electrons. The Hall–Kier alpha value is -4.27. The van der Waals surface area contributed by atoms with Gasteiger partial charge in [-0.2, -0.15) is 4.98 Å². The van der Waals surface area contributed by atoms with Crippen LogP contribution in [0.1, 0.15) is 5.56 Å². The van der Waals surface area contributed by atoms with Gasteiger partial charge in [0.1, 0.15) is 28.9 Å². The van der Waals surface area contributed by atoms with Crippen molar-refractivity contribution in [3.8, 4) is 5.75 Å². The van der Waals surface area contributed by atoms with Crippen LogP contribution in [-0.4, -0.2) is 22.7 Å². The van der Waals surface area contributed by atoms with Gasteiger partial charge in [-0.3, -0.25) is 9.88 Å². The smallest absolute Gasteiger partial charge is 0.350 e. The van der Waals surface area contributed by atoms with Gasteiger partial charge in [-0.15, -0.1) is 0 Å². The van der Waals surface area contributed by atoms with Crippen LogP contribution in [0.5, 0.6) is 5.75 Å². The number of rotatable bonds is 5. The van der Waals surface area contributed by atoms with E-state index in [4.69, 9.17) is 4.74 Å². The number of aromatic nitrogens is 2. The van der Waals surface area contributed by atoms with E-state index in [1.165, 1.54) is 10.6 Å². The molecule has 0 aliphatic rings. The molecule has 4 rings (SSSR count). The summed E-state index contributed by atoms with van der Waals surface area (Å²) in [5, 5.41) is 5.21. The lowest BCUT2D eigenvalue weighted by atomic mass is 10.2. The van der Waals surface area contributed by atoms with Crippen LogP contribution in [0.4, 0.5) is 25.1 Å². The van der Waals surface area contributed by atoms with Crippen molar-refractivity contribution in [1.29, 1.82) is 0 Å². The molecule has 0 saturated carbocycles. The van der Waals surface area contributed by atoms with Crippen molar-refractivity contribution in [1.82, 2.24) is 9.55 Å². The summed E-state index contributed by atoms with van der Waals surface area (Å²) in [4.78, 5) is 29.5. The van der Waals surface area contributed by atoms with E-state index >= 15 is 0 Å². The van der Waals surface area contributed by atoms with Crippen LogP contribution in [-0.2, 0) is 6.54 Å². The standard InChI is InChI=1S/C23H18F2N4O3/c1-32-15-11-9-14(10-12-15)13-29-21(16-5-2-3-8-19(16)26-23(29)31)28-22(30)27-20-17(24)6-4-7-18(20)25/h2-12H,13H2,1H3,(H2,27,28,30). The Labute approximate surface area is 181 Å². The minimum atomic E-state index is -0.921. The highest BCUT2D eigenvalue weighted by Gasteiger charge is 2.17. The Bertz CT molecular complexity index is 1330. The number of hydrogen-bond donors (Lipinski definition) is 2. The van der Waals surface area contributed by atoms with Gasteiger partial charge in [-0.25, -0.2) is 18.4 Å². The highest BCUT2D eigenvalue weighted by atomic mass is 19.1. The number of benzene rings is 3. The van der Waals surface area contributed by atoms with E-state index in [9.17, 15) is 18.4 Å². The Morgan fingerprint density at radius 2 is 1.66 bits per heavy atom. The number of nitrogens with one attached hydrogen (secondary N) is 2. The highest BCUT2D eigenvalue weighted by Crippen LogP contribution is 2.23. The summed E-state index contributed by atoms with van der Waals surface area (Å²) in [6.45, 7) is 0.102. The number of para-hydroxylation sites is 2. The first-order chi connectivity index (χ1) is 15.5. The molecule has 2 amide bonds. The van der Waals surface area contributed by atoms with E-state index in [0.29, 0.717) is 16.7 Å². The average Bonchev–Trinajstić information content (AvgIpc) is 2.79. The molecule has 1 heterocycles. The molecular weight excluding hydrogens is 418 g/mol. The number of carbonyl (C=O) groups is 1. The number of halogens is 2. The SMILES string of the molecule is COc1ccc(Cn2c(NC(=O)Nc3c(F)cccc3F)c3ccccc3nc2=O)cc1. The molecule has 0 unspecified atom stereocenters. The first kappa shape index (κ1) is 21.0. The van der Waals surface area contributed by atoms with Gasteiger partial charge in [0.15, 0.2) is 0 Å². The molecule has 2 N–H and O–H groups in total. The number of carbonyl (C=O) groups excluding carboxylic acids is 1. The first-order valence-electron chi connectivity index (χ1n) is 9.61. The van der Waals surface area contributed by atoms with Crippen molar-refractivity contribution in [3.05, 3.63) is 94.4 Å². The van der Waals surface area contributed by atoms with Crippen molar-refractivity contribution in [3.63, 3.8) is 0 Å². The zero-order valence-corrected chi connectivity index (χ0v) is 16.9. The summed E-state index contributed by atoms with van der Waals surface area (Å²) >= 11 is 0. The van der Waals surface area contributed by atoms with Crippen molar-refractivity contribution in [2.75, 3.05) is 17.7 Å². The average molecular weight is 436 g/mol. The van der Waals surface area contributed by atoms with E-state index in [2.05, 4.69) is 15.6 Å². The van der Waals surface area contributed by atoms with E-state index in [0.717, 1.165) is 17.7 Å². The highest BCUT2D eigenvalue weighted by molar-refractivity contribution is 6.04. The normalized spacial score (nSPS) is 10.7. The Morgan fingerprint density at radius 3 is 2.34 bits per heavy atom. The maximum Gasteiger partial charge on any atom is 0.350 e. The molecule has 0 saturated heterocycles. The van der Waals surface area contributed by atoms with Crippen molar-refractivity contribution >= 4 is 28.4 Å². The zero-order valence-electron chi connectivity index (χ0n) is 16.9. The molecule has 9 heteroatoms.